The van der Waals surface area contributed by atoms with Crippen LogP contribution in [-0.4, -0.2) is 50.8 Å². The molecule has 2 heterocycles. The second kappa shape index (κ2) is 13.3. The Morgan fingerprint density at radius 2 is 1.68 bits per heavy atom. The first-order valence-corrected chi connectivity index (χ1v) is 14.6. The fourth-order valence-electron chi connectivity index (χ4n) is 4.02. The van der Waals surface area contributed by atoms with Crippen molar-refractivity contribution in [3.63, 3.8) is 0 Å². The van der Waals surface area contributed by atoms with E-state index in [-0.39, 0.29) is 28.6 Å². The molecular weight excluding hydrogens is 555 g/mol. The van der Waals surface area contributed by atoms with E-state index in [0.717, 1.165) is 27.9 Å². The number of carbonyl (C=O) groups excluding carboxylic acids is 1. The predicted octanol–water partition coefficient (Wildman–Crippen LogP) is 6.41. The van der Waals surface area contributed by atoms with E-state index >= 15 is 0 Å². The van der Waals surface area contributed by atoms with Crippen molar-refractivity contribution >= 4 is 56.2 Å². The molecule has 208 valence electrons. The number of allylic oxidation sites excluding steroid dienone is 1. The smallest absolute Gasteiger partial charge is 0.266 e. The molecule has 0 saturated heterocycles. The number of aliphatic hydroxyl groups excluding tert-OH is 1. The third kappa shape index (κ3) is 6.65. The van der Waals surface area contributed by atoms with Crippen LogP contribution < -0.4 is 5.56 Å². The quantitative estimate of drug-likeness (QED) is 0.0775. The van der Waals surface area contributed by atoms with Gasteiger partial charge in [0.1, 0.15) is 22.4 Å². The van der Waals surface area contributed by atoms with Crippen molar-refractivity contribution in [1.29, 1.82) is 5.26 Å². The van der Waals surface area contributed by atoms with Crippen molar-refractivity contribution in [3.8, 4) is 11.8 Å². The highest BCUT2D eigenvalue weighted by Crippen LogP contribution is 2.31. The molecule has 10 heteroatoms. The van der Waals surface area contributed by atoms with E-state index in [2.05, 4.69) is 24.9 Å². The van der Waals surface area contributed by atoms with Crippen LogP contribution in [0.15, 0.2) is 88.5 Å². The molecule has 0 unspecified atom stereocenters. The molecule has 5 rings (SSSR count). The summed E-state index contributed by atoms with van der Waals surface area (Å²) in [6, 6.07) is 24.7. The van der Waals surface area contributed by atoms with Gasteiger partial charge >= 0.3 is 0 Å². The summed E-state index contributed by atoms with van der Waals surface area (Å²) in [5.41, 5.74) is 3.09. The lowest BCUT2D eigenvalue weighted by Gasteiger charge is -2.18. The van der Waals surface area contributed by atoms with Crippen molar-refractivity contribution in [2.45, 2.75) is 24.9 Å². The van der Waals surface area contributed by atoms with Crippen molar-refractivity contribution in [2.75, 3.05) is 19.8 Å². The summed E-state index contributed by atoms with van der Waals surface area (Å²) >= 11 is 2.57. The first-order chi connectivity index (χ1) is 19.7. The number of thiazole rings is 1. The van der Waals surface area contributed by atoms with Gasteiger partial charge in [0, 0.05) is 14.1 Å². The molecule has 1 N–H and O–H groups in total. The number of thioether (sulfide) groups is 1. The van der Waals surface area contributed by atoms with Gasteiger partial charge in [0.2, 0.25) is 6.41 Å². The Labute approximate surface area is 246 Å². The molecule has 8 nitrogen and oxygen atoms in total. The summed E-state index contributed by atoms with van der Waals surface area (Å²) in [4.78, 5) is 33.8. The number of hydrogen-bond acceptors (Lipinski definition) is 8. The second-order valence-corrected chi connectivity index (χ2v) is 11.5. The van der Waals surface area contributed by atoms with E-state index in [0.29, 0.717) is 21.1 Å². The zero-order chi connectivity index (χ0) is 29.5. The van der Waals surface area contributed by atoms with Gasteiger partial charge in [-0.15, -0.1) is 11.3 Å². The Morgan fingerprint density at radius 1 is 1.05 bits per heavy atom. The molecule has 0 aliphatic heterocycles. The number of benzene rings is 3. The standard InChI is InChI=1S/C28H22N4O2S2.C3H7NO/c1-17(2)18-9-4-7-13-23(18)32-27(34)19-10-3-5-11-21(19)31-28(32)35-16-24(33)20(15-29)26-30-22-12-6-8-14-25(22)36-26;1-4(2)3-5/h3-14,17,33H,16H2,1-2H3;3H,1-2H3. The highest BCUT2D eigenvalue weighted by Gasteiger charge is 2.19. The Morgan fingerprint density at radius 3 is 2.34 bits per heavy atom. The monoisotopic (exact) mass is 583 g/mol. The van der Waals surface area contributed by atoms with Gasteiger partial charge in [0.25, 0.3) is 5.56 Å². The molecule has 3 aromatic carbocycles. The summed E-state index contributed by atoms with van der Waals surface area (Å²) in [5, 5.41) is 22.2. The number of para-hydroxylation sites is 3. The first-order valence-electron chi connectivity index (χ1n) is 12.8. The number of aromatic nitrogens is 3. The highest BCUT2D eigenvalue weighted by atomic mass is 32.2. The summed E-state index contributed by atoms with van der Waals surface area (Å²) < 4.78 is 2.55. The molecular formula is C31H29N5O3S2. The third-order valence-electron chi connectivity index (χ3n) is 6.00. The Hall–Kier alpha value is -4.46. The third-order valence-corrected chi connectivity index (χ3v) is 8.01. The number of rotatable bonds is 7. The van der Waals surface area contributed by atoms with Gasteiger partial charge in [0.05, 0.1) is 32.6 Å². The lowest BCUT2D eigenvalue weighted by atomic mass is 10.0. The lowest BCUT2D eigenvalue weighted by Crippen LogP contribution is -2.23. The van der Waals surface area contributed by atoms with Crippen LogP contribution in [0.25, 0.3) is 32.4 Å². The number of fused-ring (bicyclic) bond motifs is 2. The summed E-state index contributed by atoms with van der Waals surface area (Å²) in [6.07, 6.45) is 0.750. The summed E-state index contributed by atoms with van der Waals surface area (Å²) in [7, 11) is 3.38. The molecule has 0 aliphatic rings. The van der Waals surface area contributed by atoms with Crippen LogP contribution in [0.4, 0.5) is 0 Å². The lowest BCUT2D eigenvalue weighted by molar-refractivity contribution is -0.115. The number of carbonyl (C=O) groups is 1. The van der Waals surface area contributed by atoms with Crippen molar-refractivity contribution < 1.29 is 9.90 Å². The van der Waals surface area contributed by atoms with E-state index in [1.807, 2.05) is 60.7 Å². The van der Waals surface area contributed by atoms with E-state index in [4.69, 9.17) is 4.98 Å². The molecule has 0 saturated carbocycles. The minimum Gasteiger partial charge on any atom is -0.510 e. The minimum atomic E-state index is -0.175. The molecule has 0 aliphatic carbocycles. The molecule has 2 aromatic heterocycles. The number of amides is 1. The van der Waals surface area contributed by atoms with Crippen LogP contribution in [0.3, 0.4) is 0 Å². The fraction of sp³-hybridized carbons (Fsp3) is 0.194. The van der Waals surface area contributed by atoms with Crippen molar-refractivity contribution in [1.82, 2.24) is 19.4 Å². The zero-order valence-corrected chi connectivity index (χ0v) is 24.7. The topological polar surface area (TPSA) is 112 Å². The van der Waals surface area contributed by atoms with Gasteiger partial charge in [-0.05, 0) is 41.8 Å². The van der Waals surface area contributed by atoms with Crippen molar-refractivity contribution in [2.24, 2.45) is 0 Å². The molecule has 0 atom stereocenters. The molecule has 0 bridgehead atoms. The van der Waals surface area contributed by atoms with E-state index < -0.39 is 0 Å². The molecule has 41 heavy (non-hydrogen) atoms. The van der Waals surface area contributed by atoms with Crippen molar-refractivity contribution in [3.05, 3.63) is 99.5 Å². The minimum absolute atomic E-state index is 0.0629. The predicted molar refractivity (Wildman–Crippen MR) is 167 cm³/mol. The highest BCUT2D eigenvalue weighted by molar-refractivity contribution is 7.99. The van der Waals surface area contributed by atoms with Crippen LogP contribution in [0.2, 0.25) is 0 Å². The van der Waals surface area contributed by atoms with E-state index in [1.165, 1.54) is 28.0 Å². The van der Waals surface area contributed by atoms with Gasteiger partial charge in [-0.25, -0.2) is 9.97 Å². The van der Waals surface area contributed by atoms with Crippen LogP contribution in [-0.2, 0) is 4.79 Å². The fourth-order valence-corrected chi connectivity index (χ4v) is 5.89. The Balaban J connectivity index is 0.000000714. The van der Waals surface area contributed by atoms with E-state index in [1.54, 1.807) is 30.8 Å². The van der Waals surface area contributed by atoms with Gasteiger partial charge < -0.3 is 10.0 Å². The first kappa shape index (κ1) is 29.5. The molecule has 0 spiro atoms. The average Bonchev–Trinajstić information content (AvgIpc) is 3.40. The summed E-state index contributed by atoms with van der Waals surface area (Å²) in [5.74, 6) is 0.149. The van der Waals surface area contributed by atoms with E-state index in [9.17, 15) is 20.0 Å². The number of nitriles is 1. The van der Waals surface area contributed by atoms with Crippen LogP contribution >= 0.6 is 23.1 Å². The Kier molecular flexibility index (Phi) is 9.55. The van der Waals surface area contributed by atoms with Gasteiger partial charge in [-0.3, -0.25) is 14.2 Å². The zero-order valence-electron chi connectivity index (χ0n) is 23.1. The van der Waals surface area contributed by atoms with Gasteiger partial charge in [0.15, 0.2) is 5.16 Å². The number of nitrogens with zero attached hydrogens (tertiary/aromatic N) is 5. The van der Waals surface area contributed by atoms with Gasteiger partial charge in [-0.1, -0.05) is 68.1 Å². The van der Waals surface area contributed by atoms with Gasteiger partial charge in [-0.2, -0.15) is 5.26 Å². The Bertz CT molecular complexity index is 1800. The second-order valence-electron chi connectivity index (χ2n) is 9.54. The number of aliphatic hydroxyl groups is 1. The molecule has 0 fully saturated rings. The average molecular weight is 584 g/mol. The molecule has 1 amide bonds. The van der Waals surface area contributed by atoms with Crippen LogP contribution in [0.5, 0.6) is 0 Å². The SMILES string of the molecule is CC(C)c1ccccc1-n1c(SCC(O)=C(C#N)c2nc3ccccc3s2)nc2ccccc2c1=O.CN(C)C=O. The molecule has 0 radical (unpaired) electrons. The largest absolute Gasteiger partial charge is 0.510 e. The maximum atomic E-state index is 13.7. The maximum Gasteiger partial charge on any atom is 0.266 e. The van der Waals surface area contributed by atoms with Crippen LogP contribution in [0, 0.1) is 11.3 Å². The molecule has 5 aromatic rings. The number of hydrogen-bond donors (Lipinski definition) is 1. The normalized spacial score (nSPS) is 11.5. The van der Waals surface area contributed by atoms with Crippen LogP contribution in [0.1, 0.15) is 30.3 Å². The maximum absolute atomic E-state index is 13.7. The summed E-state index contributed by atoms with van der Waals surface area (Å²) in [6.45, 7) is 4.16.